The van der Waals surface area contributed by atoms with Crippen LogP contribution in [0.2, 0.25) is 0 Å². The molecule has 7 N–H and O–H groups in total. The Bertz CT molecular complexity index is 1300. The molecule has 1 saturated carbocycles. The quantitative estimate of drug-likeness (QED) is 0.218. The van der Waals surface area contributed by atoms with E-state index >= 15 is 0 Å². The van der Waals surface area contributed by atoms with Crippen LogP contribution in [0.25, 0.3) is 0 Å². The lowest BCUT2D eigenvalue weighted by molar-refractivity contribution is -0.145. The highest BCUT2D eigenvalue weighted by atomic mass is 79.9. The van der Waals surface area contributed by atoms with E-state index in [-0.39, 0.29) is 70.9 Å². The monoisotopic (exact) mass is 733 g/mol. The zero-order chi connectivity index (χ0) is 34.2. The molecule has 1 aromatic rings. The SMILES string of the molecule is CCC1C2CC3NC4C(CC(O)C4C3C)C3NC(C(Br)C4NC(CC(N2)C1C)C(CC)C4C)[C@@H](C)[C@@H]3CCC(=O)On1c(O)ccc1O. The van der Waals surface area contributed by atoms with Crippen LogP contribution in [0.1, 0.15) is 86.5 Å². The van der Waals surface area contributed by atoms with E-state index in [2.05, 4.69) is 78.7 Å². The molecular weight excluding hydrogens is 674 g/mol. The molecule has 0 spiro atoms. The Labute approximate surface area is 295 Å². The molecule has 0 radical (unpaired) electrons. The van der Waals surface area contributed by atoms with E-state index in [1.54, 1.807) is 0 Å². The first-order chi connectivity index (χ1) is 22.9. The molecule has 11 heteroatoms. The van der Waals surface area contributed by atoms with E-state index < -0.39 is 5.97 Å². The Kier molecular flexibility index (Phi) is 9.96. The second kappa shape index (κ2) is 13.6. The van der Waals surface area contributed by atoms with Gasteiger partial charge in [0.15, 0.2) is 0 Å². The third-order valence-corrected chi connectivity index (χ3v) is 15.9. The summed E-state index contributed by atoms with van der Waals surface area (Å²) in [7, 11) is 0. The van der Waals surface area contributed by atoms with Crippen LogP contribution in [-0.4, -0.2) is 85.3 Å². The number of aromatic hydroxyl groups is 2. The van der Waals surface area contributed by atoms with Gasteiger partial charge in [-0.05, 0) is 73.0 Å². The van der Waals surface area contributed by atoms with Gasteiger partial charge in [0.2, 0.25) is 11.8 Å². The summed E-state index contributed by atoms with van der Waals surface area (Å²) >= 11 is 4.28. The van der Waals surface area contributed by atoms with E-state index in [1.165, 1.54) is 18.6 Å². The summed E-state index contributed by atoms with van der Waals surface area (Å²) in [4.78, 5) is 18.7. The standard InChI is InChI=1S/C37H60BrN5O5/c1-7-20-16(3)24-14-27-21(8-2)17(4)34(41-27)33(38)35-18(5)22(9-12-31(47)48-43-29(45)10-11-30(43)46)36(42-35)23-13-28(44)32-19(6)25(40-37(23)32)15-26(20)39-24/h10-11,16-28,32-37,39-42,44-46H,7-9,12-15H2,1-6H3/t16?,17?,18-,19?,20?,21?,22-,23?,24?,25?,26?,27?,28?,32?,33?,34?,35?,36?,37?/m0/s1. The summed E-state index contributed by atoms with van der Waals surface area (Å²) in [5.74, 6) is 2.62. The molecule has 270 valence electrons. The Morgan fingerprint density at radius 1 is 0.771 bits per heavy atom. The summed E-state index contributed by atoms with van der Waals surface area (Å²) in [6, 6.07) is 5.27. The molecule has 17 unspecified atom stereocenters. The Morgan fingerprint density at radius 3 is 2.00 bits per heavy atom. The van der Waals surface area contributed by atoms with E-state index in [4.69, 9.17) is 4.84 Å². The Hall–Kier alpha value is -1.37. The molecule has 7 rings (SSSR count). The lowest BCUT2D eigenvalue weighted by Crippen LogP contribution is -2.52. The Balaban J connectivity index is 1.20. The third-order valence-electron chi connectivity index (χ3n) is 14.8. The van der Waals surface area contributed by atoms with E-state index in [0.717, 1.165) is 30.4 Å². The van der Waals surface area contributed by atoms with Gasteiger partial charge in [-0.2, -0.15) is 0 Å². The molecule has 5 saturated heterocycles. The van der Waals surface area contributed by atoms with Gasteiger partial charge >= 0.3 is 5.97 Å². The average molecular weight is 735 g/mol. The third kappa shape index (κ3) is 5.84. The van der Waals surface area contributed by atoms with Gasteiger partial charge in [0, 0.05) is 77.6 Å². The van der Waals surface area contributed by atoms with Crippen LogP contribution in [0.4, 0.5) is 0 Å². The second-order valence-corrected chi connectivity index (χ2v) is 17.8. The number of hydrogen-bond donors (Lipinski definition) is 7. The molecule has 10 nitrogen and oxygen atoms in total. The highest BCUT2D eigenvalue weighted by Crippen LogP contribution is 2.51. The fourth-order valence-electron chi connectivity index (χ4n) is 12.2. The predicted molar refractivity (Wildman–Crippen MR) is 189 cm³/mol. The first kappa shape index (κ1) is 35.1. The van der Waals surface area contributed by atoms with Crippen LogP contribution in [0.3, 0.4) is 0 Å². The van der Waals surface area contributed by atoms with Gasteiger partial charge in [0.25, 0.3) is 0 Å². The van der Waals surface area contributed by atoms with Gasteiger partial charge in [-0.1, -0.05) is 70.3 Å². The fourth-order valence-corrected chi connectivity index (χ4v) is 13.5. The van der Waals surface area contributed by atoms with Crippen LogP contribution >= 0.6 is 15.9 Å². The lowest BCUT2D eigenvalue weighted by atomic mass is 9.76. The molecular formula is C37H60BrN5O5. The molecule has 6 heterocycles. The smallest absolute Gasteiger partial charge is 0.333 e. The number of nitrogens with one attached hydrogen (secondary N) is 4. The Morgan fingerprint density at radius 2 is 1.33 bits per heavy atom. The van der Waals surface area contributed by atoms with Crippen LogP contribution in [0.15, 0.2) is 12.1 Å². The highest BCUT2D eigenvalue weighted by Gasteiger charge is 2.59. The average Bonchev–Trinajstić information content (AvgIpc) is 3.86. The number of aliphatic hydroxyl groups excluding tert-OH is 1. The maximum atomic E-state index is 13.1. The number of halogens is 1. The van der Waals surface area contributed by atoms with Crippen molar-refractivity contribution in [3.63, 3.8) is 0 Å². The number of rotatable bonds is 6. The summed E-state index contributed by atoms with van der Waals surface area (Å²) in [6.45, 7) is 14.3. The molecule has 0 aromatic carbocycles. The molecule has 1 aliphatic carbocycles. The van der Waals surface area contributed by atoms with Crippen molar-refractivity contribution >= 4 is 21.9 Å². The predicted octanol–water partition coefficient (Wildman–Crippen LogP) is 3.76. The first-order valence-corrected chi connectivity index (χ1v) is 20.0. The molecule has 1 aromatic heterocycles. The minimum absolute atomic E-state index is 0.133. The van der Waals surface area contributed by atoms with Crippen molar-refractivity contribution in [2.45, 2.75) is 146 Å². The van der Waals surface area contributed by atoms with Gasteiger partial charge in [-0.25, -0.2) is 4.79 Å². The van der Waals surface area contributed by atoms with Crippen molar-refractivity contribution < 1.29 is 25.0 Å². The second-order valence-electron chi connectivity index (χ2n) is 16.7. The molecule has 8 bridgehead atoms. The molecule has 6 fully saturated rings. The van der Waals surface area contributed by atoms with Gasteiger partial charge in [0.1, 0.15) is 0 Å². The maximum absolute atomic E-state index is 13.1. The minimum Gasteiger partial charge on any atom is -0.492 e. The van der Waals surface area contributed by atoms with Gasteiger partial charge in [-0.3, -0.25) is 0 Å². The van der Waals surface area contributed by atoms with Crippen molar-refractivity contribution in [1.82, 2.24) is 26.0 Å². The lowest BCUT2D eigenvalue weighted by Gasteiger charge is -2.33. The zero-order valence-corrected chi connectivity index (χ0v) is 31.1. The van der Waals surface area contributed by atoms with Crippen molar-refractivity contribution in [2.75, 3.05) is 0 Å². The molecule has 19 atom stereocenters. The summed E-state index contributed by atoms with van der Waals surface area (Å²) in [5.41, 5.74) is 0. The number of carbonyl (C=O) groups is 1. The number of nitrogens with zero attached hydrogens (tertiary/aromatic N) is 1. The first-order valence-electron chi connectivity index (χ1n) is 19.1. The van der Waals surface area contributed by atoms with Gasteiger partial charge in [0.05, 0.1) is 6.10 Å². The van der Waals surface area contributed by atoms with Crippen LogP contribution in [-0.2, 0) is 4.79 Å². The van der Waals surface area contributed by atoms with Crippen molar-refractivity contribution in [3.05, 3.63) is 12.1 Å². The van der Waals surface area contributed by atoms with E-state index in [1.807, 2.05) is 0 Å². The number of fused-ring (bicyclic) bond motifs is 8. The largest absolute Gasteiger partial charge is 0.492 e. The molecule has 0 amide bonds. The number of hydrogen-bond acceptors (Lipinski definition) is 9. The van der Waals surface area contributed by atoms with Crippen LogP contribution in [0, 0.1) is 53.3 Å². The number of alkyl halides is 1. The van der Waals surface area contributed by atoms with Gasteiger partial charge < -0.3 is 41.4 Å². The van der Waals surface area contributed by atoms with Crippen molar-refractivity contribution in [3.8, 4) is 11.8 Å². The van der Waals surface area contributed by atoms with Gasteiger partial charge in [-0.15, -0.1) is 4.73 Å². The van der Waals surface area contributed by atoms with E-state index in [0.29, 0.717) is 66.2 Å². The van der Waals surface area contributed by atoms with Crippen molar-refractivity contribution in [2.24, 2.45) is 53.3 Å². The number of aromatic nitrogens is 1. The summed E-state index contributed by atoms with van der Waals surface area (Å²) in [5, 5.41) is 48.4. The zero-order valence-electron chi connectivity index (χ0n) is 29.6. The highest BCUT2D eigenvalue weighted by molar-refractivity contribution is 9.09. The maximum Gasteiger partial charge on any atom is 0.333 e. The summed E-state index contributed by atoms with van der Waals surface area (Å²) in [6.07, 6.45) is 5.80. The number of carbonyl (C=O) groups excluding carboxylic acids is 1. The molecule has 5 aliphatic heterocycles. The van der Waals surface area contributed by atoms with Crippen molar-refractivity contribution in [1.29, 1.82) is 0 Å². The fraction of sp³-hybridized carbons (Fsp3) is 0.865. The topological polar surface area (TPSA) is 140 Å². The van der Waals surface area contributed by atoms with Crippen LogP contribution < -0.4 is 26.1 Å². The normalized spacial score (nSPS) is 49.9. The summed E-state index contributed by atoms with van der Waals surface area (Å²) < 4.78 is 0.779. The number of aliphatic hydroxyl groups is 1. The minimum atomic E-state index is -0.487. The molecule has 48 heavy (non-hydrogen) atoms. The molecule has 6 aliphatic rings. The van der Waals surface area contributed by atoms with Crippen LogP contribution in [0.5, 0.6) is 11.8 Å². The van der Waals surface area contributed by atoms with E-state index in [9.17, 15) is 20.1 Å².